The van der Waals surface area contributed by atoms with E-state index in [1.165, 1.54) is 0 Å². The maximum absolute atomic E-state index is 5.57. The zero-order chi connectivity index (χ0) is 11.4. The molecule has 0 aromatic heterocycles. The van der Waals surface area contributed by atoms with Crippen LogP contribution in [0, 0.1) is 5.92 Å². The van der Waals surface area contributed by atoms with Gasteiger partial charge in [-0.2, -0.15) is 0 Å². The topological polar surface area (TPSA) is 27.7 Å². The molecule has 1 aliphatic heterocycles. The van der Waals surface area contributed by atoms with E-state index in [4.69, 9.17) is 14.5 Å². The van der Waals surface area contributed by atoms with E-state index < -0.39 is 0 Å². The largest absolute Gasteiger partial charge is 0.349 e. The van der Waals surface area contributed by atoms with Crippen LogP contribution in [0.2, 0.25) is 0 Å². The lowest BCUT2D eigenvalue weighted by Crippen LogP contribution is -2.21. The smallest absolute Gasteiger partial charge is 0.193 e. The van der Waals surface area contributed by atoms with E-state index in [2.05, 4.69) is 13.8 Å². The Morgan fingerprint density at radius 2 is 1.88 bits per heavy atom. The standard InChI is InChI=1S/C13H18O3/c1-10(2)13-14-9-8-12(15-16-13)11-6-4-3-5-7-11/h3-7,10,12-13H,8-9H2,1-2H3. The van der Waals surface area contributed by atoms with E-state index in [0.29, 0.717) is 12.5 Å². The first-order chi connectivity index (χ1) is 7.77. The summed E-state index contributed by atoms with van der Waals surface area (Å²) in [6, 6.07) is 10.1. The van der Waals surface area contributed by atoms with Crippen molar-refractivity contribution in [3.63, 3.8) is 0 Å². The van der Waals surface area contributed by atoms with Crippen LogP contribution in [0.25, 0.3) is 0 Å². The third-order valence-corrected chi connectivity index (χ3v) is 2.64. The molecule has 2 atom stereocenters. The van der Waals surface area contributed by atoms with E-state index in [0.717, 1.165) is 12.0 Å². The first kappa shape index (κ1) is 11.6. The quantitative estimate of drug-likeness (QED) is 0.720. The Hall–Kier alpha value is -0.900. The summed E-state index contributed by atoms with van der Waals surface area (Å²) in [6.07, 6.45) is 0.548. The van der Waals surface area contributed by atoms with Gasteiger partial charge in [0, 0.05) is 12.3 Å². The molecule has 3 heteroatoms. The van der Waals surface area contributed by atoms with Crippen LogP contribution in [0.4, 0.5) is 0 Å². The van der Waals surface area contributed by atoms with Gasteiger partial charge in [0.05, 0.1) is 6.61 Å². The van der Waals surface area contributed by atoms with Crippen LogP contribution in [0.3, 0.4) is 0 Å². The van der Waals surface area contributed by atoms with Crippen molar-refractivity contribution < 1.29 is 14.5 Å². The SMILES string of the molecule is CC(C)C1OCCC(c2ccccc2)OO1. The Morgan fingerprint density at radius 3 is 2.56 bits per heavy atom. The number of hydrogen-bond donors (Lipinski definition) is 0. The molecule has 0 N–H and O–H groups in total. The molecule has 1 aromatic carbocycles. The monoisotopic (exact) mass is 222 g/mol. The molecule has 2 rings (SSSR count). The van der Waals surface area contributed by atoms with Gasteiger partial charge in [-0.1, -0.05) is 44.2 Å². The van der Waals surface area contributed by atoms with Crippen molar-refractivity contribution in [2.24, 2.45) is 5.92 Å². The molecule has 0 aliphatic carbocycles. The van der Waals surface area contributed by atoms with Gasteiger partial charge in [0.2, 0.25) is 0 Å². The minimum Gasteiger partial charge on any atom is -0.349 e. The average molecular weight is 222 g/mol. The minimum atomic E-state index is -0.256. The lowest BCUT2D eigenvalue weighted by atomic mass is 10.1. The molecule has 1 aliphatic rings. The highest BCUT2D eigenvalue weighted by atomic mass is 17.2. The summed E-state index contributed by atoms with van der Waals surface area (Å²) in [7, 11) is 0. The predicted molar refractivity (Wildman–Crippen MR) is 60.5 cm³/mol. The van der Waals surface area contributed by atoms with Crippen molar-refractivity contribution in [2.45, 2.75) is 32.7 Å². The molecule has 0 spiro atoms. The Bertz CT molecular complexity index is 310. The number of rotatable bonds is 2. The van der Waals surface area contributed by atoms with Crippen LogP contribution >= 0.6 is 0 Å². The molecule has 1 aromatic rings. The summed E-state index contributed by atoms with van der Waals surface area (Å²) < 4.78 is 5.57. The first-order valence-electron chi connectivity index (χ1n) is 5.76. The van der Waals surface area contributed by atoms with E-state index in [9.17, 15) is 0 Å². The summed E-state index contributed by atoms with van der Waals surface area (Å²) in [5, 5.41) is 0. The highest BCUT2D eigenvalue weighted by Gasteiger charge is 2.24. The molecule has 0 bridgehead atoms. The second-order valence-corrected chi connectivity index (χ2v) is 4.36. The van der Waals surface area contributed by atoms with Gasteiger partial charge in [-0.3, -0.25) is 0 Å². The van der Waals surface area contributed by atoms with Crippen LogP contribution in [0.15, 0.2) is 30.3 Å². The molecule has 2 unspecified atom stereocenters. The third kappa shape index (κ3) is 2.82. The number of hydrogen-bond acceptors (Lipinski definition) is 3. The van der Waals surface area contributed by atoms with Crippen molar-refractivity contribution in [1.82, 2.24) is 0 Å². The van der Waals surface area contributed by atoms with Gasteiger partial charge in [-0.05, 0) is 5.56 Å². The molecule has 1 saturated heterocycles. The van der Waals surface area contributed by atoms with Crippen molar-refractivity contribution in [1.29, 1.82) is 0 Å². The van der Waals surface area contributed by atoms with Gasteiger partial charge in [0.1, 0.15) is 6.10 Å². The fraction of sp³-hybridized carbons (Fsp3) is 0.538. The molecule has 16 heavy (non-hydrogen) atoms. The molecule has 3 nitrogen and oxygen atoms in total. The van der Waals surface area contributed by atoms with Crippen molar-refractivity contribution in [3.05, 3.63) is 35.9 Å². The van der Waals surface area contributed by atoms with E-state index in [1.807, 2.05) is 30.3 Å². The van der Waals surface area contributed by atoms with Crippen molar-refractivity contribution in [3.8, 4) is 0 Å². The van der Waals surface area contributed by atoms with Crippen molar-refractivity contribution in [2.75, 3.05) is 6.61 Å². The average Bonchev–Trinajstić information content (AvgIpc) is 2.55. The molecular formula is C13H18O3. The van der Waals surface area contributed by atoms with Gasteiger partial charge in [0.15, 0.2) is 6.29 Å². The lowest BCUT2D eigenvalue weighted by molar-refractivity contribution is -0.392. The lowest BCUT2D eigenvalue weighted by Gasteiger charge is -2.18. The van der Waals surface area contributed by atoms with Crippen LogP contribution in [0.1, 0.15) is 31.9 Å². The number of ether oxygens (including phenoxy) is 1. The summed E-state index contributed by atoms with van der Waals surface area (Å²) >= 11 is 0. The molecule has 0 amide bonds. The molecule has 0 saturated carbocycles. The highest BCUT2D eigenvalue weighted by molar-refractivity contribution is 5.17. The first-order valence-corrected chi connectivity index (χ1v) is 5.76. The zero-order valence-electron chi connectivity index (χ0n) is 9.76. The van der Waals surface area contributed by atoms with Gasteiger partial charge >= 0.3 is 0 Å². The van der Waals surface area contributed by atoms with Crippen LogP contribution < -0.4 is 0 Å². The summed E-state index contributed by atoms with van der Waals surface area (Å²) in [5.74, 6) is 0.300. The molecule has 88 valence electrons. The second kappa shape index (κ2) is 5.43. The van der Waals surface area contributed by atoms with E-state index in [1.54, 1.807) is 0 Å². The second-order valence-electron chi connectivity index (χ2n) is 4.36. The summed E-state index contributed by atoms with van der Waals surface area (Å²) in [5.41, 5.74) is 1.13. The third-order valence-electron chi connectivity index (χ3n) is 2.64. The Balaban J connectivity index is 1.99. The number of benzene rings is 1. The van der Waals surface area contributed by atoms with E-state index in [-0.39, 0.29) is 12.4 Å². The summed E-state index contributed by atoms with van der Waals surface area (Å²) in [4.78, 5) is 10.7. The zero-order valence-corrected chi connectivity index (χ0v) is 9.76. The Kier molecular flexibility index (Phi) is 3.93. The molecule has 1 fully saturated rings. The van der Waals surface area contributed by atoms with Gasteiger partial charge in [-0.15, -0.1) is 0 Å². The molecule has 0 radical (unpaired) electrons. The molecule has 1 heterocycles. The normalized spacial score (nSPS) is 26.7. The van der Waals surface area contributed by atoms with Crippen LogP contribution in [-0.2, 0) is 14.5 Å². The fourth-order valence-electron chi connectivity index (χ4n) is 1.68. The maximum Gasteiger partial charge on any atom is 0.193 e. The van der Waals surface area contributed by atoms with Crippen LogP contribution in [0.5, 0.6) is 0 Å². The molecular weight excluding hydrogens is 204 g/mol. The minimum absolute atomic E-state index is 0.0232. The van der Waals surface area contributed by atoms with E-state index >= 15 is 0 Å². The maximum atomic E-state index is 5.57. The predicted octanol–water partition coefficient (Wildman–Crippen LogP) is 3.08. The highest BCUT2D eigenvalue weighted by Crippen LogP contribution is 2.26. The van der Waals surface area contributed by atoms with Crippen molar-refractivity contribution >= 4 is 0 Å². The van der Waals surface area contributed by atoms with Gasteiger partial charge in [0.25, 0.3) is 0 Å². The summed E-state index contributed by atoms with van der Waals surface area (Å²) in [6.45, 7) is 4.77. The Labute approximate surface area is 96.3 Å². The van der Waals surface area contributed by atoms with Gasteiger partial charge < -0.3 is 4.74 Å². The fourth-order valence-corrected chi connectivity index (χ4v) is 1.68. The Morgan fingerprint density at radius 1 is 1.12 bits per heavy atom. The van der Waals surface area contributed by atoms with Crippen LogP contribution in [-0.4, -0.2) is 12.9 Å². The van der Waals surface area contributed by atoms with Gasteiger partial charge in [-0.25, -0.2) is 9.78 Å².